The van der Waals surface area contributed by atoms with Crippen molar-refractivity contribution in [1.29, 1.82) is 0 Å². The van der Waals surface area contributed by atoms with Gasteiger partial charge in [-0.05, 0) is 18.6 Å². The minimum atomic E-state index is -0.113. The fourth-order valence-corrected chi connectivity index (χ4v) is 1.85. The first-order valence-electron chi connectivity index (χ1n) is 5.25. The summed E-state index contributed by atoms with van der Waals surface area (Å²) in [6.07, 6.45) is 2.58. The van der Waals surface area contributed by atoms with Gasteiger partial charge in [0.2, 0.25) is 0 Å². The summed E-state index contributed by atoms with van der Waals surface area (Å²) in [5, 5.41) is 0. The number of aromatic nitrogens is 1. The Kier molecular flexibility index (Phi) is 3.05. The number of carbonyl (C=O) groups is 1. The Labute approximate surface area is 94.2 Å². The zero-order valence-corrected chi connectivity index (χ0v) is 9.22. The molecule has 0 saturated carbocycles. The highest BCUT2D eigenvalue weighted by Crippen LogP contribution is 2.17. The van der Waals surface area contributed by atoms with Crippen molar-refractivity contribution in [2.24, 2.45) is 0 Å². The summed E-state index contributed by atoms with van der Waals surface area (Å²) in [6, 6.07) is 3.40. The van der Waals surface area contributed by atoms with Gasteiger partial charge < -0.3 is 15.4 Å². The highest BCUT2D eigenvalue weighted by atomic mass is 16.5. The average Bonchev–Trinajstić information content (AvgIpc) is 2.77. The largest absolute Gasteiger partial charge is 0.397 e. The fraction of sp³-hybridized carbons (Fsp3) is 0.455. The summed E-state index contributed by atoms with van der Waals surface area (Å²) in [4.78, 5) is 17.8. The summed E-state index contributed by atoms with van der Waals surface area (Å²) in [7, 11) is 1.66. The molecule has 1 aliphatic rings. The van der Waals surface area contributed by atoms with Crippen molar-refractivity contribution in [2.45, 2.75) is 12.5 Å². The fourth-order valence-electron chi connectivity index (χ4n) is 1.85. The molecule has 1 atom stereocenters. The number of rotatable bonds is 2. The molecule has 86 valence electrons. The molecular weight excluding hydrogens is 206 g/mol. The molecule has 0 aromatic carbocycles. The first-order valence-corrected chi connectivity index (χ1v) is 5.25. The predicted octanol–water partition coefficient (Wildman–Crippen LogP) is 0.525. The van der Waals surface area contributed by atoms with Crippen LogP contribution in [0.5, 0.6) is 0 Å². The van der Waals surface area contributed by atoms with Crippen LogP contribution in [-0.4, -0.2) is 42.1 Å². The van der Waals surface area contributed by atoms with Gasteiger partial charge in [0, 0.05) is 26.4 Å². The van der Waals surface area contributed by atoms with Crippen molar-refractivity contribution < 1.29 is 9.53 Å². The predicted molar refractivity (Wildman–Crippen MR) is 60.0 cm³/mol. The number of methoxy groups -OCH3 is 1. The molecule has 1 fully saturated rings. The van der Waals surface area contributed by atoms with Crippen molar-refractivity contribution >= 4 is 11.6 Å². The van der Waals surface area contributed by atoms with Crippen LogP contribution in [0, 0.1) is 0 Å². The first kappa shape index (κ1) is 10.9. The Balaban J connectivity index is 2.12. The Morgan fingerprint density at radius 3 is 3.12 bits per heavy atom. The molecule has 1 saturated heterocycles. The third-order valence-corrected chi connectivity index (χ3v) is 2.81. The van der Waals surface area contributed by atoms with E-state index < -0.39 is 0 Å². The van der Waals surface area contributed by atoms with E-state index in [4.69, 9.17) is 10.5 Å². The normalized spacial score (nSPS) is 20.1. The number of nitrogens with zero attached hydrogens (tertiary/aromatic N) is 2. The van der Waals surface area contributed by atoms with Crippen molar-refractivity contribution in [1.82, 2.24) is 9.88 Å². The third kappa shape index (κ3) is 1.99. The van der Waals surface area contributed by atoms with E-state index in [9.17, 15) is 4.79 Å². The number of hydrogen-bond acceptors (Lipinski definition) is 4. The molecule has 2 heterocycles. The molecule has 0 aliphatic carbocycles. The van der Waals surface area contributed by atoms with Gasteiger partial charge in [0.15, 0.2) is 5.69 Å². The Morgan fingerprint density at radius 1 is 1.69 bits per heavy atom. The first-order chi connectivity index (χ1) is 7.72. The number of likely N-dealkylation sites (tertiary alicyclic amines) is 1. The minimum absolute atomic E-state index is 0.113. The summed E-state index contributed by atoms with van der Waals surface area (Å²) >= 11 is 0. The zero-order chi connectivity index (χ0) is 11.5. The van der Waals surface area contributed by atoms with Crippen LogP contribution in [0.25, 0.3) is 0 Å². The molecule has 5 heteroatoms. The van der Waals surface area contributed by atoms with Gasteiger partial charge in [0.1, 0.15) is 0 Å². The van der Waals surface area contributed by atoms with Gasteiger partial charge >= 0.3 is 0 Å². The van der Waals surface area contributed by atoms with Crippen LogP contribution in [0.1, 0.15) is 16.9 Å². The quantitative estimate of drug-likeness (QED) is 0.790. The minimum Gasteiger partial charge on any atom is -0.397 e. The summed E-state index contributed by atoms with van der Waals surface area (Å²) in [5.41, 5.74) is 6.47. The number of carbonyl (C=O) groups excluding carboxylic acids is 1. The van der Waals surface area contributed by atoms with Crippen molar-refractivity contribution in [3.05, 3.63) is 24.0 Å². The highest BCUT2D eigenvalue weighted by Gasteiger charge is 2.28. The highest BCUT2D eigenvalue weighted by molar-refractivity contribution is 5.97. The SMILES string of the molecule is COC1CCN(C(=O)c2ncccc2N)C1. The molecule has 2 N–H and O–H groups in total. The molecule has 2 rings (SSSR count). The zero-order valence-electron chi connectivity index (χ0n) is 9.22. The molecule has 0 spiro atoms. The Morgan fingerprint density at radius 2 is 2.50 bits per heavy atom. The number of nitrogens with two attached hydrogens (primary N) is 1. The van der Waals surface area contributed by atoms with Crippen LogP contribution in [-0.2, 0) is 4.74 Å². The van der Waals surface area contributed by atoms with Gasteiger partial charge in [-0.15, -0.1) is 0 Å². The molecule has 1 amide bonds. The van der Waals surface area contributed by atoms with Gasteiger partial charge in [0.05, 0.1) is 11.8 Å². The second-order valence-corrected chi connectivity index (χ2v) is 3.84. The second-order valence-electron chi connectivity index (χ2n) is 3.84. The lowest BCUT2D eigenvalue weighted by molar-refractivity contribution is 0.0720. The second kappa shape index (κ2) is 4.49. The monoisotopic (exact) mass is 221 g/mol. The average molecular weight is 221 g/mol. The van der Waals surface area contributed by atoms with Crippen molar-refractivity contribution in [3.63, 3.8) is 0 Å². The molecular formula is C11H15N3O2. The van der Waals surface area contributed by atoms with Crippen LogP contribution in [0.2, 0.25) is 0 Å². The number of ether oxygens (including phenoxy) is 1. The van der Waals surface area contributed by atoms with E-state index in [-0.39, 0.29) is 12.0 Å². The Hall–Kier alpha value is -1.62. The van der Waals surface area contributed by atoms with E-state index in [1.165, 1.54) is 0 Å². The van der Waals surface area contributed by atoms with Crippen molar-refractivity contribution in [2.75, 3.05) is 25.9 Å². The van der Waals surface area contributed by atoms with Crippen LogP contribution < -0.4 is 5.73 Å². The standard InChI is InChI=1S/C11H15N3O2/c1-16-8-4-6-14(7-8)11(15)10-9(12)3-2-5-13-10/h2-3,5,8H,4,6-7,12H2,1H3. The molecule has 1 aromatic rings. The maximum Gasteiger partial charge on any atom is 0.274 e. The summed E-state index contributed by atoms with van der Waals surface area (Å²) in [6.45, 7) is 1.32. The lowest BCUT2D eigenvalue weighted by Gasteiger charge is -2.16. The summed E-state index contributed by atoms with van der Waals surface area (Å²) < 4.78 is 5.21. The lowest BCUT2D eigenvalue weighted by Crippen LogP contribution is -2.31. The van der Waals surface area contributed by atoms with Gasteiger partial charge in [-0.3, -0.25) is 4.79 Å². The van der Waals surface area contributed by atoms with Gasteiger partial charge in [-0.25, -0.2) is 4.98 Å². The van der Waals surface area contributed by atoms with E-state index in [0.29, 0.717) is 24.5 Å². The maximum atomic E-state index is 12.1. The molecule has 1 unspecified atom stereocenters. The van der Waals surface area contributed by atoms with Crippen LogP contribution in [0.4, 0.5) is 5.69 Å². The van der Waals surface area contributed by atoms with Gasteiger partial charge in [-0.2, -0.15) is 0 Å². The summed E-state index contributed by atoms with van der Waals surface area (Å²) in [5.74, 6) is -0.113. The van der Waals surface area contributed by atoms with E-state index >= 15 is 0 Å². The molecule has 0 bridgehead atoms. The van der Waals surface area contributed by atoms with Crippen LogP contribution >= 0.6 is 0 Å². The molecule has 0 radical (unpaired) electrons. The van der Waals surface area contributed by atoms with Crippen LogP contribution in [0.15, 0.2) is 18.3 Å². The van der Waals surface area contributed by atoms with E-state index in [1.54, 1.807) is 30.3 Å². The van der Waals surface area contributed by atoms with Crippen molar-refractivity contribution in [3.8, 4) is 0 Å². The number of anilines is 1. The lowest BCUT2D eigenvalue weighted by atomic mass is 10.3. The van der Waals surface area contributed by atoms with Gasteiger partial charge in [0.25, 0.3) is 5.91 Å². The smallest absolute Gasteiger partial charge is 0.274 e. The molecule has 5 nitrogen and oxygen atoms in total. The molecule has 16 heavy (non-hydrogen) atoms. The third-order valence-electron chi connectivity index (χ3n) is 2.81. The van der Waals surface area contributed by atoms with E-state index in [1.807, 2.05) is 0 Å². The number of hydrogen-bond donors (Lipinski definition) is 1. The molecule has 1 aliphatic heterocycles. The number of amides is 1. The van der Waals surface area contributed by atoms with E-state index in [2.05, 4.69) is 4.98 Å². The van der Waals surface area contributed by atoms with E-state index in [0.717, 1.165) is 6.42 Å². The maximum absolute atomic E-state index is 12.1. The molecule has 1 aromatic heterocycles. The number of nitrogen functional groups attached to an aromatic ring is 1. The number of pyridine rings is 1. The van der Waals surface area contributed by atoms with Crippen LogP contribution in [0.3, 0.4) is 0 Å². The topological polar surface area (TPSA) is 68.5 Å². The van der Waals surface area contributed by atoms with Gasteiger partial charge in [-0.1, -0.05) is 0 Å². The Bertz CT molecular complexity index is 395.